The number of aryl methyl sites for hydroxylation is 1. The number of allylic oxidation sites excluding steroid dienone is 1. The third-order valence-corrected chi connectivity index (χ3v) is 17.7. The summed E-state index contributed by atoms with van der Waals surface area (Å²) in [5.74, 6) is -5.38. The molecule has 23 nitrogen and oxygen atoms in total. The van der Waals surface area contributed by atoms with E-state index in [-0.39, 0.29) is 108 Å². The Kier molecular flexibility index (Phi) is 27.3. The number of piperidine rings is 1. The fraction of sp³-hybridized carbons (Fsp3) is 0.507. The van der Waals surface area contributed by atoms with Crippen molar-refractivity contribution in [3.63, 3.8) is 0 Å². The number of cyclic esters (lactones) is 1. The SMILES string of the molecule is COc1ccc(CC[C@H]2OC(=O)[C@@H]3CCCCN3C(=O)C(=O)C(C)(C)CCC(=O)/C=C/CCN(C)C(=O)[C@H](CC(C)C)N(C)C(=O)[C@H]3CCCN3C(=O)[C@H](Cc3ccc(OCC(=O)OC(C)(C)C)cc3)NC(=O)[C@H](c3ccccc3)NC(=O)CCC(=O)Nc3cccc2c3)cc1OC. The van der Waals surface area contributed by atoms with Gasteiger partial charge in [-0.1, -0.05) is 94.4 Å². The highest BCUT2D eigenvalue weighted by atomic mass is 16.6. The Morgan fingerprint density at radius 3 is 2.06 bits per heavy atom. The maximum Gasteiger partial charge on any atom is 0.344 e. The van der Waals surface area contributed by atoms with Crippen molar-refractivity contribution in [1.82, 2.24) is 30.2 Å². The maximum absolute atomic E-state index is 15.3. The van der Waals surface area contributed by atoms with Crippen molar-refractivity contribution in [3.05, 3.63) is 131 Å². The predicted molar refractivity (Wildman–Crippen MR) is 366 cm³/mol. The summed E-state index contributed by atoms with van der Waals surface area (Å²) in [6, 6.07) is 21.3. The lowest BCUT2D eigenvalue weighted by Crippen LogP contribution is -2.58. The zero-order valence-electron chi connectivity index (χ0n) is 58.5. The van der Waals surface area contributed by atoms with Crippen molar-refractivity contribution in [3.8, 4) is 17.2 Å². The molecule has 0 unspecified atom stereocenters. The fourth-order valence-corrected chi connectivity index (χ4v) is 12.3. The molecule has 3 aliphatic rings. The third kappa shape index (κ3) is 21.5. The molecule has 4 aromatic carbocycles. The van der Waals surface area contributed by atoms with Gasteiger partial charge in [0, 0.05) is 70.5 Å². The van der Waals surface area contributed by atoms with E-state index in [0.717, 1.165) is 5.56 Å². The molecular weight excluding hydrogens is 1250 g/mol. The summed E-state index contributed by atoms with van der Waals surface area (Å²) < 4.78 is 28.5. The minimum Gasteiger partial charge on any atom is -0.493 e. The first kappa shape index (κ1) is 76.0. The van der Waals surface area contributed by atoms with Crippen LogP contribution in [0.25, 0.3) is 0 Å². The Morgan fingerprint density at radius 2 is 1.37 bits per heavy atom. The van der Waals surface area contributed by atoms with E-state index in [9.17, 15) is 47.9 Å². The summed E-state index contributed by atoms with van der Waals surface area (Å²) in [5, 5.41) is 8.55. The summed E-state index contributed by atoms with van der Waals surface area (Å²) in [6.45, 7) is 12.3. The zero-order chi connectivity index (χ0) is 71.4. The minimum atomic E-state index is -1.39. The smallest absolute Gasteiger partial charge is 0.344 e. The normalized spacial score (nSPS) is 22.4. The van der Waals surface area contributed by atoms with E-state index in [1.54, 1.807) is 133 Å². The van der Waals surface area contributed by atoms with Crippen LogP contribution in [-0.2, 0) is 75.1 Å². The highest BCUT2D eigenvalue weighted by Gasteiger charge is 2.44. The third-order valence-electron chi connectivity index (χ3n) is 17.7. The highest BCUT2D eigenvalue weighted by molar-refractivity contribution is 6.38. The van der Waals surface area contributed by atoms with E-state index in [1.807, 2.05) is 26.0 Å². The van der Waals surface area contributed by atoms with E-state index < -0.39 is 100 Å². The van der Waals surface area contributed by atoms with E-state index in [4.69, 9.17) is 23.7 Å². The van der Waals surface area contributed by atoms with Crippen LogP contribution in [0.15, 0.2) is 109 Å². The van der Waals surface area contributed by atoms with Gasteiger partial charge in [0.1, 0.15) is 47.7 Å². The molecular formula is C75H97N7O16. The number of Topliss-reactive ketones (excluding diaryl/α,β-unsaturated/α-hetero) is 1. The van der Waals surface area contributed by atoms with Gasteiger partial charge in [0.25, 0.3) is 5.91 Å². The van der Waals surface area contributed by atoms with E-state index >= 15 is 4.79 Å². The molecule has 0 aromatic heterocycles. The number of fused-ring (bicyclic) bond motifs is 4. The Morgan fingerprint density at radius 1 is 0.694 bits per heavy atom. The maximum atomic E-state index is 15.3. The molecule has 528 valence electrons. The average molecular weight is 1350 g/mol. The number of ether oxygens (including phenoxy) is 5. The number of nitrogens with zero attached hydrogens (tertiary/aromatic N) is 4. The number of anilines is 1. The van der Waals surface area contributed by atoms with Gasteiger partial charge in [-0.25, -0.2) is 9.59 Å². The first-order chi connectivity index (χ1) is 46.6. The first-order valence-corrected chi connectivity index (χ1v) is 33.8. The number of rotatable bonds is 13. The van der Waals surface area contributed by atoms with Crippen molar-refractivity contribution in [2.75, 3.05) is 59.9 Å². The molecule has 23 heteroatoms. The molecule has 98 heavy (non-hydrogen) atoms. The Labute approximate surface area is 575 Å². The fourth-order valence-electron chi connectivity index (χ4n) is 12.3. The number of esters is 2. The molecule has 2 bridgehead atoms. The van der Waals surface area contributed by atoms with Crippen LogP contribution in [0.1, 0.15) is 160 Å². The van der Waals surface area contributed by atoms with Gasteiger partial charge in [-0.3, -0.25) is 43.2 Å². The molecule has 0 aliphatic carbocycles. The van der Waals surface area contributed by atoms with Gasteiger partial charge < -0.3 is 59.2 Å². The summed E-state index contributed by atoms with van der Waals surface area (Å²) in [7, 11) is 6.19. The number of amides is 7. The van der Waals surface area contributed by atoms with E-state index in [0.29, 0.717) is 65.3 Å². The Balaban J connectivity index is 1.20. The minimum absolute atomic E-state index is 0.0230. The molecule has 3 heterocycles. The van der Waals surface area contributed by atoms with Gasteiger partial charge in [-0.15, -0.1) is 0 Å². The number of hydrogen-bond acceptors (Lipinski definition) is 16. The molecule has 0 spiro atoms. The lowest BCUT2D eigenvalue weighted by molar-refractivity contribution is -0.164. The quantitative estimate of drug-likeness (QED) is 0.0835. The van der Waals surface area contributed by atoms with Crippen LogP contribution in [0.2, 0.25) is 0 Å². The van der Waals surface area contributed by atoms with Crippen molar-refractivity contribution >= 4 is 70.5 Å². The number of carbonyl (C=O) groups excluding carboxylic acids is 11. The van der Waals surface area contributed by atoms with Crippen LogP contribution < -0.4 is 30.2 Å². The molecule has 4 aromatic rings. The number of likely N-dealkylation sites (N-methyl/N-ethyl adjacent to an activating group) is 2. The van der Waals surface area contributed by atoms with Crippen molar-refractivity contribution < 1.29 is 76.4 Å². The molecule has 2 saturated heterocycles. The van der Waals surface area contributed by atoms with Crippen LogP contribution in [-0.4, -0.2) is 169 Å². The van der Waals surface area contributed by atoms with Crippen molar-refractivity contribution in [2.45, 2.75) is 180 Å². The summed E-state index contributed by atoms with van der Waals surface area (Å²) in [4.78, 5) is 162. The number of ketones is 2. The highest BCUT2D eigenvalue weighted by Crippen LogP contribution is 2.34. The summed E-state index contributed by atoms with van der Waals surface area (Å²) >= 11 is 0. The number of carbonyl (C=O) groups is 11. The Hall–Kier alpha value is -9.41. The van der Waals surface area contributed by atoms with Gasteiger partial charge in [-0.05, 0) is 156 Å². The molecule has 0 radical (unpaired) electrons. The molecule has 3 aliphatic heterocycles. The standard InChI is InChI=1S/C75H97N7O16/c1-48(2)43-59-70(90)79(8)40-17-15-25-54(83)38-39-75(6,7)67(87)72(92)82-41-18-16-26-58(82)73(93)97-60(34-30-50-31-35-61(94-10)62(45-50)95-11)52-23-19-24-53(46-52)76-63(84)36-37-64(85)78-66(51-21-13-12-14-22-51)68(88)77-56(69(89)81-42-20-27-57(81)71(91)80(59)9)44-49-28-32-55(33-29-49)96-47-65(86)98-74(3,4)5/h12-15,19,21-25,28-29,31-33,35,45-46,48,56-60,66H,16-18,20,26-27,30,34,36-44,47H2,1-11H3,(H,76,84)(H,77,88)(H,78,85)/b25-15+/t56-,57+,58-,59-,60+,66-/m0/s1. The first-order valence-electron chi connectivity index (χ1n) is 33.8. The van der Waals surface area contributed by atoms with Gasteiger partial charge in [0.15, 0.2) is 23.9 Å². The average Bonchev–Trinajstić information content (AvgIpc) is 1.45. The molecule has 7 rings (SSSR count). The van der Waals surface area contributed by atoms with Gasteiger partial charge in [-0.2, -0.15) is 0 Å². The van der Waals surface area contributed by atoms with Crippen LogP contribution >= 0.6 is 0 Å². The number of methoxy groups -OCH3 is 2. The van der Waals surface area contributed by atoms with Crippen LogP contribution in [0.4, 0.5) is 5.69 Å². The van der Waals surface area contributed by atoms with Crippen LogP contribution in [0.5, 0.6) is 17.2 Å². The zero-order valence-corrected chi connectivity index (χ0v) is 58.5. The monoisotopic (exact) mass is 1350 g/mol. The Bertz CT molecular complexity index is 3530. The van der Waals surface area contributed by atoms with Gasteiger partial charge in [0.2, 0.25) is 41.2 Å². The van der Waals surface area contributed by atoms with Crippen molar-refractivity contribution in [2.24, 2.45) is 11.3 Å². The second kappa shape index (κ2) is 35.2. The van der Waals surface area contributed by atoms with Gasteiger partial charge in [0.05, 0.1) is 14.2 Å². The molecule has 6 atom stereocenters. The van der Waals surface area contributed by atoms with E-state index in [2.05, 4.69) is 16.0 Å². The largest absolute Gasteiger partial charge is 0.493 e. The second-order valence-electron chi connectivity index (χ2n) is 27.4. The summed E-state index contributed by atoms with van der Waals surface area (Å²) in [5.41, 5.74) is 0.519. The predicted octanol–water partition coefficient (Wildman–Crippen LogP) is 8.55. The van der Waals surface area contributed by atoms with Crippen molar-refractivity contribution in [1.29, 1.82) is 0 Å². The lowest BCUT2D eigenvalue weighted by Gasteiger charge is -2.36. The molecule has 7 amide bonds. The number of benzene rings is 4. The number of hydrogen-bond donors (Lipinski definition) is 3. The molecule has 3 N–H and O–H groups in total. The lowest BCUT2D eigenvalue weighted by atomic mass is 9.81. The second-order valence-corrected chi connectivity index (χ2v) is 27.4. The van der Waals surface area contributed by atoms with Crippen LogP contribution in [0.3, 0.4) is 0 Å². The summed E-state index contributed by atoms with van der Waals surface area (Å²) in [6.07, 6.45) is 4.36. The van der Waals surface area contributed by atoms with Gasteiger partial charge >= 0.3 is 11.9 Å². The van der Waals surface area contributed by atoms with E-state index in [1.165, 1.54) is 46.9 Å². The molecule has 0 saturated carbocycles. The van der Waals surface area contributed by atoms with Crippen LogP contribution in [0, 0.1) is 11.3 Å². The topological polar surface area (TPSA) is 283 Å². The number of nitrogens with one attached hydrogen (secondary N) is 3. The molecule has 2 fully saturated rings.